The van der Waals surface area contributed by atoms with E-state index in [2.05, 4.69) is 15.9 Å². The van der Waals surface area contributed by atoms with Crippen molar-refractivity contribution in [1.82, 2.24) is 4.90 Å². The molecule has 2 heterocycles. The molecule has 2 aromatic carbocycles. The van der Waals surface area contributed by atoms with E-state index in [1.807, 2.05) is 0 Å². The monoisotopic (exact) mass is 412 g/mol. The van der Waals surface area contributed by atoms with E-state index in [4.69, 9.17) is 0 Å². The van der Waals surface area contributed by atoms with Crippen molar-refractivity contribution in [2.75, 3.05) is 18.0 Å². The number of Topliss-reactive ketones (excluding diaryl/α,β-unsaturated/α-hetero) is 1. The largest absolute Gasteiger partial charge is 0.327 e. The molecule has 132 valence electrons. The van der Waals surface area contributed by atoms with E-state index in [9.17, 15) is 14.4 Å². The fraction of sp³-hybridized carbons (Fsp3) is 0.250. The van der Waals surface area contributed by atoms with Crippen LogP contribution in [0.2, 0.25) is 0 Å². The Labute approximate surface area is 159 Å². The highest BCUT2D eigenvalue weighted by Crippen LogP contribution is 2.32. The number of para-hydroxylation sites is 1. The number of halogens is 1. The highest BCUT2D eigenvalue weighted by Gasteiger charge is 2.42. The number of amides is 2. The molecule has 2 aliphatic rings. The summed E-state index contributed by atoms with van der Waals surface area (Å²) in [6.45, 7) is 0.507. The van der Waals surface area contributed by atoms with E-state index in [0.717, 1.165) is 10.9 Å². The number of hydrogen-bond donors (Lipinski definition) is 0. The molecular formula is C20H17BrN2O3. The summed E-state index contributed by atoms with van der Waals surface area (Å²) in [6.07, 6.45) is 1.44. The van der Waals surface area contributed by atoms with E-state index in [1.54, 1.807) is 53.4 Å². The topological polar surface area (TPSA) is 57.7 Å². The van der Waals surface area contributed by atoms with Gasteiger partial charge in [-0.25, -0.2) is 0 Å². The fourth-order valence-corrected chi connectivity index (χ4v) is 3.91. The first-order chi connectivity index (χ1) is 12.6. The van der Waals surface area contributed by atoms with Crippen LogP contribution in [0, 0.1) is 0 Å². The first-order valence-electron chi connectivity index (χ1n) is 8.56. The summed E-state index contributed by atoms with van der Waals surface area (Å²) in [7, 11) is 0. The Morgan fingerprint density at radius 3 is 2.58 bits per heavy atom. The van der Waals surface area contributed by atoms with Crippen molar-refractivity contribution in [3.05, 3.63) is 64.1 Å². The highest BCUT2D eigenvalue weighted by atomic mass is 79.9. The predicted octanol–water partition coefficient (Wildman–Crippen LogP) is 3.28. The van der Waals surface area contributed by atoms with Gasteiger partial charge in [-0.15, -0.1) is 0 Å². The third-order valence-corrected chi connectivity index (χ3v) is 5.49. The molecule has 1 atom stereocenters. The van der Waals surface area contributed by atoms with Gasteiger partial charge in [-0.3, -0.25) is 14.4 Å². The number of hydrogen-bond acceptors (Lipinski definition) is 3. The Balaban J connectivity index is 1.72. The summed E-state index contributed by atoms with van der Waals surface area (Å²) >= 11 is 3.35. The first-order valence-corrected chi connectivity index (χ1v) is 9.36. The van der Waals surface area contributed by atoms with Crippen LogP contribution in [0.5, 0.6) is 0 Å². The van der Waals surface area contributed by atoms with Crippen LogP contribution in [0.15, 0.2) is 53.0 Å². The van der Waals surface area contributed by atoms with Crippen molar-refractivity contribution in [2.45, 2.75) is 18.9 Å². The van der Waals surface area contributed by atoms with Crippen molar-refractivity contribution >= 4 is 39.2 Å². The maximum absolute atomic E-state index is 13.1. The van der Waals surface area contributed by atoms with Crippen LogP contribution < -0.4 is 4.90 Å². The van der Waals surface area contributed by atoms with E-state index in [1.165, 1.54) is 4.90 Å². The Morgan fingerprint density at radius 2 is 1.81 bits per heavy atom. The highest BCUT2D eigenvalue weighted by molar-refractivity contribution is 9.10. The van der Waals surface area contributed by atoms with Crippen molar-refractivity contribution in [2.24, 2.45) is 0 Å². The van der Waals surface area contributed by atoms with Gasteiger partial charge in [0, 0.05) is 16.6 Å². The van der Waals surface area contributed by atoms with Crippen molar-refractivity contribution in [3.8, 4) is 0 Å². The van der Waals surface area contributed by atoms with Gasteiger partial charge in [0.25, 0.3) is 5.91 Å². The lowest BCUT2D eigenvalue weighted by Gasteiger charge is -2.25. The van der Waals surface area contributed by atoms with Crippen LogP contribution in [0.3, 0.4) is 0 Å². The minimum absolute atomic E-state index is 0.0743. The second-order valence-electron chi connectivity index (χ2n) is 6.53. The smallest absolute Gasteiger partial charge is 0.256 e. The molecule has 2 amide bonds. The minimum Gasteiger partial charge on any atom is -0.327 e. The zero-order valence-electron chi connectivity index (χ0n) is 14.0. The number of rotatable bonds is 3. The Morgan fingerprint density at radius 1 is 1.08 bits per heavy atom. The van der Waals surface area contributed by atoms with Crippen molar-refractivity contribution in [3.63, 3.8) is 0 Å². The van der Waals surface area contributed by atoms with Crippen LogP contribution in [0.25, 0.3) is 0 Å². The molecule has 26 heavy (non-hydrogen) atoms. The van der Waals surface area contributed by atoms with Crippen molar-refractivity contribution < 1.29 is 14.4 Å². The lowest BCUT2D eigenvalue weighted by molar-refractivity contribution is -0.122. The summed E-state index contributed by atoms with van der Waals surface area (Å²) in [5, 5.41) is 0. The summed E-state index contributed by atoms with van der Waals surface area (Å²) in [6, 6.07) is 13.6. The number of anilines is 1. The number of nitrogens with zero attached hydrogens (tertiary/aromatic N) is 2. The standard InChI is InChI=1S/C20H17BrN2O3/c21-14-9-7-13(8-10-14)18(24)12-23-16-5-2-1-4-15(16)19(25)22-11-3-6-17(22)20(23)26/h1-2,4-5,7-10,17H,3,6,11-12H2/t17-/m1/s1. The molecule has 1 fully saturated rings. The SMILES string of the molecule is O=C(CN1C(=O)[C@H]2CCCN2C(=O)c2ccccc21)c1ccc(Br)cc1. The number of carbonyl (C=O) groups excluding carboxylic acids is 3. The van der Waals surface area contributed by atoms with Gasteiger partial charge in [0.1, 0.15) is 6.04 Å². The number of benzene rings is 2. The molecule has 6 heteroatoms. The Kier molecular flexibility index (Phi) is 4.36. The maximum Gasteiger partial charge on any atom is 0.256 e. The van der Waals surface area contributed by atoms with Gasteiger partial charge in [0.05, 0.1) is 17.8 Å². The van der Waals surface area contributed by atoms with Gasteiger partial charge in [0.2, 0.25) is 5.91 Å². The van der Waals surface area contributed by atoms with E-state index in [0.29, 0.717) is 29.8 Å². The van der Waals surface area contributed by atoms with E-state index < -0.39 is 6.04 Å². The van der Waals surface area contributed by atoms with Crippen LogP contribution in [-0.4, -0.2) is 41.6 Å². The summed E-state index contributed by atoms with van der Waals surface area (Å²) in [5.41, 5.74) is 1.54. The Hall–Kier alpha value is -2.47. The van der Waals surface area contributed by atoms with E-state index in [-0.39, 0.29) is 24.1 Å². The predicted molar refractivity (Wildman–Crippen MR) is 101 cm³/mol. The molecule has 0 bridgehead atoms. The number of ketones is 1. The molecule has 0 spiro atoms. The minimum atomic E-state index is -0.479. The second-order valence-corrected chi connectivity index (χ2v) is 7.44. The number of fused-ring (bicyclic) bond motifs is 2. The molecule has 0 saturated carbocycles. The zero-order valence-corrected chi connectivity index (χ0v) is 15.6. The normalized spacial score (nSPS) is 19.2. The molecule has 0 radical (unpaired) electrons. The molecule has 2 aromatic rings. The molecule has 0 unspecified atom stereocenters. The van der Waals surface area contributed by atoms with Gasteiger partial charge >= 0.3 is 0 Å². The molecule has 4 rings (SSSR count). The zero-order chi connectivity index (χ0) is 18.3. The van der Waals surface area contributed by atoms with Gasteiger partial charge in [-0.05, 0) is 37.1 Å². The quantitative estimate of drug-likeness (QED) is 0.726. The molecule has 1 saturated heterocycles. The van der Waals surface area contributed by atoms with Gasteiger partial charge in [-0.1, -0.05) is 40.2 Å². The van der Waals surface area contributed by atoms with Crippen LogP contribution in [0.1, 0.15) is 33.6 Å². The fourth-order valence-electron chi connectivity index (χ4n) is 3.64. The lowest BCUT2D eigenvalue weighted by Crippen LogP contribution is -2.46. The molecule has 5 nitrogen and oxygen atoms in total. The van der Waals surface area contributed by atoms with Gasteiger partial charge < -0.3 is 9.80 Å². The summed E-state index contributed by atoms with van der Waals surface area (Å²) in [4.78, 5) is 41.9. The second kappa shape index (κ2) is 6.68. The van der Waals surface area contributed by atoms with E-state index >= 15 is 0 Å². The summed E-state index contributed by atoms with van der Waals surface area (Å²) < 4.78 is 0.887. The molecule has 2 aliphatic heterocycles. The van der Waals surface area contributed by atoms with Gasteiger partial charge in [0.15, 0.2) is 5.78 Å². The number of carbonyl (C=O) groups is 3. The van der Waals surface area contributed by atoms with Gasteiger partial charge in [-0.2, -0.15) is 0 Å². The average molecular weight is 413 g/mol. The van der Waals surface area contributed by atoms with Crippen molar-refractivity contribution in [1.29, 1.82) is 0 Å². The summed E-state index contributed by atoms with van der Waals surface area (Å²) in [5.74, 6) is -0.458. The third kappa shape index (κ3) is 2.84. The van der Waals surface area contributed by atoms with Crippen LogP contribution in [-0.2, 0) is 4.79 Å². The molecule has 0 N–H and O–H groups in total. The maximum atomic E-state index is 13.1. The lowest BCUT2D eigenvalue weighted by atomic mass is 10.1. The Bertz CT molecular complexity index is 894. The molecule has 0 aromatic heterocycles. The first kappa shape index (κ1) is 17.0. The molecular weight excluding hydrogens is 396 g/mol. The third-order valence-electron chi connectivity index (χ3n) is 4.96. The van der Waals surface area contributed by atoms with Crippen LogP contribution >= 0.6 is 15.9 Å². The van der Waals surface area contributed by atoms with Crippen LogP contribution in [0.4, 0.5) is 5.69 Å². The average Bonchev–Trinajstić information content (AvgIpc) is 3.12. The molecule has 0 aliphatic carbocycles.